The summed E-state index contributed by atoms with van der Waals surface area (Å²) in [4.78, 5) is 0. The van der Waals surface area contributed by atoms with Gasteiger partial charge in [-0.05, 0) is 24.6 Å². The lowest BCUT2D eigenvalue weighted by Gasteiger charge is -1.99. The first-order valence-corrected chi connectivity index (χ1v) is 4.87. The van der Waals surface area contributed by atoms with Gasteiger partial charge in [0.05, 0.1) is 0 Å². The third kappa shape index (κ3) is 3.73. The van der Waals surface area contributed by atoms with Crippen LogP contribution in [0.3, 0.4) is 0 Å². The number of rotatable bonds is 5. The Bertz CT molecular complexity index is 277. The molecule has 2 heteroatoms. The molecule has 0 aliphatic rings. The molecule has 1 rings (SSSR count). The monoisotopic (exact) mass is 191 g/mol. The van der Waals surface area contributed by atoms with Gasteiger partial charge in [-0.2, -0.15) is 0 Å². The van der Waals surface area contributed by atoms with Gasteiger partial charge in [0, 0.05) is 13.2 Å². The molecule has 0 radical (unpaired) electrons. The Balaban J connectivity index is 2.54. The summed E-state index contributed by atoms with van der Waals surface area (Å²) in [6.45, 7) is 1.12. The Morgan fingerprint density at radius 2 is 2.00 bits per heavy atom. The topological polar surface area (TPSA) is 32.3 Å². The molecule has 2 nitrogen and oxygen atoms in total. The smallest absolute Gasteiger partial charge is 0.0465 e. The van der Waals surface area contributed by atoms with Crippen LogP contribution >= 0.6 is 0 Å². The van der Waals surface area contributed by atoms with E-state index in [4.69, 9.17) is 5.11 Å². The predicted octanol–water partition coefficient (Wildman–Crippen LogP) is 1.80. The molecule has 0 bridgehead atoms. The van der Waals surface area contributed by atoms with E-state index in [1.165, 1.54) is 11.1 Å². The Kier molecular flexibility index (Phi) is 4.97. The number of nitrogens with one attached hydrogen (secondary N) is 1. The minimum absolute atomic E-state index is 0.217. The standard InChI is InChI=1S/C12H17NO/c1-13-10-12-7-5-11(6-8-12)4-2-3-9-14/h2,4-8,13-14H,3,9-10H2,1H3. The van der Waals surface area contributed by atoms with Crippen LogP contribution in [0.1, 0.15) is 17.5 Å². The molecule has 0 aliphatic heterocycles. The molecular formula is C12H17NO. The van der Waals surface area contributed by atoms with Gasteiger partial charge in [0.25, 0.3) is 0 Å². The Morgan fingerprint density at radius 3 is 2.57 bits per heavy atom. The first-order chi connectivity index (χ1) is 6.86. The van der Waals surface area contributed by atoms with Crippen LogP contribution in [-0.2, 0) is 6.54 Å². The molecule has 76 valence electrons. The zero-order valence-electron chi connectivity index (χ0n) is 8.53. The van der Waals surface area contributed by atoms with Crippen molar-refractivity contribution in [1.82, 2.24) is 5.32 Å². The quantitative estimate of drug-likeness (QED) is 0.744. The summed E-state index contributed by atoms with van der Waals surface area (Å²) in [5.74, 6) is 0. The van der Waals surface area contributed by atoms with Gasteiger partial charge in [-0.3, -0.25) is 0 Å². The molecule has 2 N–H and O–H groups in total. The van der Waals surface area contributed by atoms with Crippen molar-refractivity contribution in [3.05, 3.63) is 41.5 Å². The van der Waals surface area contributed by atoms with Crippen LogP contribution in [-0.4, -0.2) is 18.8 Å². The maximum Gasteiger partial charge on any atom is 0.0465 e. The lowest BCUT2D eigenvalue weighted by atomic mass is 10.1. The van der Waals surface area contributed by atoms with E-state index in [-0.39, 0.29) is 6.61 Å². The molecule has 0 heterocycles. The van der Waals surface area contributed by atoms with E-state index in [1.807, 2.05) is 19.2 Å². The van der Waals surface area contributed by atoms with E-state index >= 15 is 0 Å². The first kappa shape index (κ1) is 11.0. The van der Waals surface area contributed by atoms with Crippen LogP contribution in [0.15, 0.2) is 30.3 Å². The van der Waals surface area contributed by atoms with E-state index in [0.717, 1.165) is 13.0 Å². The molecule has 0 atom stereocenters. The van der Waals surface area contributed by atoms with Gasteiger partial charge < -0.3 is 10.4 Å². The van der Waals surface area contributed by atoms with Gasteiger partial charge in [0.2, 0.25) is 0 Å². The highest BCUT2D eigenvalue weighted by atomic mass is 16.2. The minimum atomic E-state index is 0.217. The second-order valence-corrected chi connectivity index (χ2v) is 3.19. The second kappa shape index (κ2) is 6.35. The summed E-state index contributed by atoms with van der Waals surface area (Å²) in [7, 11) is 1.94. The van der Waals surface area contributed by atoms with Crippen molar-refractivity contribution in [2.45, 2.75) is 13.0 Å². The highest BCUT2D eigenvalue weighted by Gasteiger charge is 1.89. The highest BCUT2D eigenvalue weighted by molar-refractivity contribution is 5.49. The van der Waals surface area contributed by atoms with Gasteiger partial charge in [-0.1, -0.05) is 36.4 Å². The van der Waals surface area contributed by atoms with Crippen LogP contribution in [0.4, 0.5) is 0 Å². The molecular weight excluding hydrogens is 174 g/mol. The molecule has 0 spiro atoms. The summed E-state index contributed by atoms with van der Waals surface area (Å²) >= 11 is 0. The van der Waals surface area contributed by atoms with E-state index in [9.17, 15) is 0 Å². The van der Waals surface area contributed by atoms with E-state index in [1.54, 1.807) is 0 Å². The Morgan fingerprint density at radius 1 is 1.29 bits per heavy atom. The SMILES string of the molecule is CNCc1ccc(C=CCCO)cc1. The summed E-state index contributed by atoms with van der Waals surface area (Å²) in [6, 6.07) is 8.38. The van der Waals surface area contributed by atoms with Gasteiger partial charge in [0.15, 0.2) is 0 Å². The van der Waals surface area contributed by atoms with E-state index in [2.05, 4.69) is 29.6 Å². The van der Waals surface area contributed by atoms with Crippen molar-refractivity contribution >= 4 is 6.08 Å². The number of hydrogen-bond donors (Lipinski definition) is 2. The first-order valence-electron chi connectivity index (χ1n) is 4.87. The molecule has 0 saturated heterocycles. The van der Waals surface area contributed by atoms with Gasteiger partial charge in [-0.25, -0.2) is 0 Å². The van der Waals surface area contributed by atoms with Crippen molar-refractivity contribution < 1.29 is 5.11 Å². The summed E-state index contributed by atoms with van der Waals surface area (Å²) < 4.78 is 0. The lowest BCUT2D eigenvalue weighted by molar-refractivity contribution is 0.303. The molecule has 0 unspecified atom stereocenters. The maximum atomic E-state index is 8.60. The molecule has 0 saturated carbocycles. The van der Waals surface area contributed by atoms with Crippen molar-refractivity contribution in [2.75, 3.05) is 13.7 Å². The van der Waals surface area contributed by atoms with Crippen LogP contribution < -0.4 is 5.32 Å². The zero-order chi connectivity index (χ0) is 10.2. The number of aliphatic hydroxyl groups is 1. The minimum Gasteiger partial charge on any atom is -0.396 e. The molecule has 1 aromatic carbocycles. The Hall–Kier alpha value is -1.12. The third-order valence-electron chi connectivity index (χ3n) is 1.97. The van der Waals surface area contributed by atoms with Gasteiger partial charge in [-0.15, -0.1) is 0 Å². The average Bonchev–Trinajstić information content (AvgIpc) is 2.21. The fraction of sp³-hybridized carbons (Fsp3) is 0.333. The van der Waals surface area contributed by atoms with Crippen LogP contribution in [0.5, 0.6) is 0 Å². The van der Waals surface area contributed by atoms with E-state index < -0.39 is 0 Å². The summed E-state index contributed by atoms with van der Waals surface area (Å²) in [6.07, 6.45) is 4.73. The highest BCUT2D eigenvalue weighted by Crippen LogP contribution is 2.06. The molecule has 0 amide bonds. The fourth-order valence-corrected chi connectivity index (χ4v) is 1.24. The fourth-order valence-electron chi connectivity index (χ4n) is 1.24. The normalized spacial score (nSPS) is 11.0. The van der Waals surface area contributed by atoms with E-state index in [0.29, 0.717) is 0 Å². The number of benzene rings is 1. The average molecular weight is 191 g/mol. The molecule has 0 fully saturated rings. The summed E-state index contributed by atoms with van der Waals surface area (Å²) in [5, 5.41) is 11.7. The van der Waals surface area contributed by atoms with Crippen molar-refractivity contribution in [2.24, 2.45) is 0 Å². The molecule has 14 heavy (non-hydrogen) atoms. The van der Waals surface area contributed by atoms with Gasteiger partial charge >= 0.3 is 0 Å². The second-order valence-electron chi connectivity index (χ2n) is 3.19. The molecule has 0 aromatic heterocycles. The summed E-state index contributed by atoms with van der Waals surface area (Å²) in [5.41, 5.74) is 2.46. The Labute approximate surface area is 85.3 Å². The zero-order valence-corrected chi connectivity index (χ0v) is 8.53. The predicted molar refractivity (Wildman–Crippen MR) is 59.9 cm³/mol. The van der Waals surface area contributed by atoms with Crippen molar-refractivity contribution in [1.29, 1.82) is 0 Å². The number of aliphatic hydroxyl groups excluding tert-OH is 1. The van der Waals surface area contributed by atoms with Crippen molar-refractivity contribution in [3.63, 3.8) is 0 Å². The van der Waals surface area contributed by atoms with Crippen LogP contribution in [0.2, 0.25) is 0 Å². The molecule has 1 aromatic rings. The lowest BCUT2D eigenvalue weighted by Crippen LogP contribution is -2.04. The number of hydrogen-bond acceptors (Lipinski definition) is 2. The third-order valence-corrected chi connectivity index (χ3v) is 1.97. The van der Waals surface area contributed by atoms with Crippen LogP contribution in [0, 0.1) is 0 Å². The largest absolute Gasteiger partial charge is 0.396 e. The van der Waals surface area contributed by atoms with Crippen LogP contribution in [0.25, 0.3) is 6.08 Å². The molecule has 0 aliphatic carbocycles. The van der Waals surface area contributed by atoms with Gasteiger partial charge in [0.1, 0.15) is 0 Å². The van der Waals surface area contributed by atoms with Crippen molar-refractivity contribution in [3.8, 4) is 0 Å². The maximum absolute atomic E-state index is 8.60.